The largest absolute Gasteiger partial charge is 0.416 e. The van der Waals surface area contributed by atoms with Crippen LogP contribution in [0.3, 0.4) is 0 Å². The standard InChI is InChI=1S/C27H18F3N5O2S/c1-31-25(37)21-12-15(8-9-32-21)22-13-20-23(33-14-34-26(20)38-22)16-4-3-7-19(11-16)35-24(36)17-5-2-6-18(10-17)27(28,29)30/h2-14H,1H3,(H,31,37)(H,35,36). The maximum atomic E-state index is 13.0. The first-order valence-electron chi connectivity index (χ1n) is 11.2. The van der Waals surface area contributed by atoms with Crippen LogP contribution in [0.15, 0.2) is 79.3 Å². The van der Waals surface area contributed by atoms with Crippen LogP contribution in [-0.2, 0) is 6.18 Å². The third-order valence-electron chi connectivity index (χ3n) is 5.68. The first-order chi connectivity index (χ1) is 18.2. The Morgan fingerprint density at radius 2 is 1.68 bits per heavy atom. The van der Waals surface area contributed by atoms with Gasteiger partial charge in [0.2, 0.25) is 0 Å². The zero-order valence-corrected chi connectivity index (χ0v) is 20.5. The number of fused-ring (bicyclic) bond motifs is 1. The van der Waals surface area contributed by atoms with Gasteiger partial charge >= 0.3 is 6.18 Å². The molecule has 0 spiro atoms. The summed E-state index contributed by atoms with van der Waals surface area (Å²) in [5, 5.41) is 5.98. The van der Waals surface area contributed by atoms with E-state index in [9.17, 15) is 22.8 Å². The molecule has 5 rings (SSSR count). The summed E-state index contributed by atoms with van der Waals surface area (Å²) in [4.78, 5) is 39.2. The predicted octanol–water partition coefficient (Wildman–Crippen LogP) is 6.05. The molecule has 3 heterocycles. The minimum Gasteiger partial charge on any atom is -0.354 e. The molecule has 0 saturated carbocycles. The molecular weight excluding hydrogens is 515 g/mol. The second-order valence-corrected chi connectivity index (χ2v) is 9.20. The van der Waals surface area contributed by atoms with E-state index >= 15 is 0 Å². The van der Waals surface area contributed by atoms with Crippen molar-refractivity contribution in [3.05, 3.63) is 96.1 Å². The number of anilines is 1. The van der Waals surface area contributed by atoms with Gasteiger partial charge in [0.05, 0.1) is 11.3 Å². The lowest BCUT2D eigenvalue weighted by molar-refractivity contribution is -0.137. The summed E-state index contributed by atoms with van der Waals surface area (Å²) < 4.78 is 39.1. The molecule has 0 atom stereocenters. The summed E-state index contributed by atoms with van der Waals surface area (Å²) in [7, 11) is 1.54. The molecule has 0 aliphatic carbocycles. The number of alkyl halides is 3. The fourth-order valence-electron chi connectivity index (χ4n) is 3.85. The van der Waals surface area contributed by atoms with E-state index in [-0.39, 0.29) is 17.2 Å². The molecule has 0 saturated heterocycles. The molecule has 3 aromatic heterocycles. The van der Waals surface area contributed by atoms with Crippen LogP contribution in [0.1, 0.15) is 26.4 Å². The van der Waals surface area contributed by atoms with Gasteiger partial charge in [0.1, 0.15) is 16.9 Å². The Morgan fingerprint density at radius 3 is 2.47 bits per heavy atom. The van der Waals surface area contributed by atoms with Gasteiger partial charge in [-0.2, -0.15) is 13.2 Å². The lowest BCUT2D eigenvalue weighted by Crippen LogP contribution is -2.18. The molecule has 0 radical (unpaired) electrons. The number of rotatable bonds is 5. The molecule has 190 valence electrons. The monoisotopic (exact) mass is 533 g/mol. The van der Waals surface area contributed by atoms with E-state index < -0.39 is 17.6 Å². The van der Waals surface area contributed by atoms with Crippen LogP contribution in [0.2, 0.25) is 0 Å². The van der Waals surface area contributed by atoms with Gasteiger partial charge in [-0.15, -0.1) is 11.3 Å². The minimum absolute atomic E-state index is 0.106. The highest BCUT2D eigenvalue weighted by Gasteiger charge is 2.31. The van der Waals surface area contributed by atoms with Crippen molar-refractivity contribution < 1.29 is 22.8 Å². The smallest absolute Gasteiger partial charge is 0.354 e. The number of halogens is 3. The van der Waals surface area contributed by atoms with Crippen molar-refractivity contribution in [2.24, 2.45) is 0 Å². The molecule has 0 aliphatic heterocycles. The van der Waals surface area contributed by atoms with E-state index in [2.05, 4.69) is 25.6 Å². The third-order valence-corrected chi connectivity index (χ3v) is 6.77. The minimum atomic E-state index is -4.55. The third kappa shape index (κ3) is 5.09. The molecule has 2 amide bonds. The molecule has 7 nitrogen and oxygen atoms in total. The van der Waals surface area contributed by atoms with Gasteiger partial charge in [-0.05, 0) is 54.1 Å². The number of benzene rings is 2. The van der Waals surface area contributed by atoms with E-state index in [1.807, 2.05) is 12.1 Å². The van der Waals surface area contributed by atoms with Crippen molar-refractivity contribution in [3.63, 3.8) is 0 Å². The van der Waals surface area contributed by atoms with E-state index in [1.54, 1.807) is 36.5 Å². The number of aromatic nitrogens is 3. The van der Waals surface area contributed by atoms with Crippen molar-refractivity contribution in [1.29, 1.82) is 0 Å². The van der Waals surface area contributed by atoms with Gasteiger partial charge in [-0.1, -0.05) is 18.2 Å². The lowest BCUT2D eigenvalue weighted by atomic mass is 10.1. The molecule has 2 N–H and O–H groups in total. The number of nitrogens with zero attached hydrogens (tertiary/aromatic N) is 3. The fraction of sp³-hybridized carbons (Fsp3) is 0.0741. The highest BCUT2D eigenvalue weighted by Crippen LogP contribution is 2.37. The topological polar surface area (TPSA) is 96.9 Å². The van der Waals surface area contributed by atoms with Crippen LogP contribution in [0.25, 0.3) is 31.9 Å². The highest BCUT2D eigenvalue weighted by atomic mass is 32.1. The molecule has 0 aliphatic rings. The molecule has 0 bridgehead atoms. The first kappa shape index (κ1) is 25.0. The van der Waals surface area contributed by atoms with E-state index in [0.29, 0.717) is 16.9 Å². The molecular formula is C27H18F3N5O2S. The molecule has 0 unspecified atom stereocenters. The highest BCUT2D eigenvalue weighted by molar-refractivity contribution is 7.21. The Hall–Kier alpha value is -4.64. The zero-order chi connectivity index (χ0) is 26.9. The Bertz CT molecular complexity index is 1680. The first-order valence-corrected chi connectivity index (χ1v) is 12.1. The van der Waals surface area contributed by atoms with Crippen molar-refractivity contribution in [2.45, 2.75) is 6.18 Å². The van der Waals surface area contributed by atoms with Gasteiger partial charge in [0, 0.05) is 40.3 Å². The molecule has 0 fully saturated rings. The summed E-state index contributed by atoms with van der Waals surface area (Å²) in [6, 6.07) is 16.5. The Kier molecular flexibility index (Phi) is 6.60. The quantitative estimate of drug-likeness (QED) is 0.287. The van der Waals surface area contributed by atoms with Gasteiger partial charge in [0.15, 0.2) is 0 Å². The zero-order valence-electron chi connectivity index (χ0n) is 19.7. The van der Waals surface area contributed by atoms with Gasteiger partial charge in [0.25, 0.3) is 11.8 Å². The van der Waals surface area contributed by atoms with Crippen LogP contribution in [0, 0.1) is 0 Å². The van der Waals surface area contributed by atoms with Crippen molar-refractivity contribution in [2.75, 3.05) is 12.4 Å². The number of pyridine rings is 1. The van der Waals surface area contributed by atoms with E-state index in [1.165, 1.54) is 36.8 Å². The van der Waals surface area contributed by atoms with Gasteiger partial charge in [-0.25, -0.2) is 9.97 Å². The summed E-state index contributed by atoms with van der Waals surface area (Å²) in [6.45, 7) is 0. The maximum Gasteiger partial charge on any atom is 0.416 e. The molecule has 11 heteroatoms. The SMILES string of the molecule is CNC(=O)c1cc(-c2cc3c(-c4cccc(NC(=O)c5cccc(C(F)(F)F)c5)c4)ncnc3s2)ccn1. The van der Waals surface area contributed by atoms with Crippen molar-refractivity contribution >= 4 is 39.1 Å². The van der Waals surface area contributed by atoms with Crippen LogP contribution < -0.4 is 10.6 Å². The Labute approximate surface area is 218 Å². The molecule has 5 aromatic rings. The number of carbonyl (C=O) groups is 2. The molecule has 38 heavy (non-hydrogen) atoms. The van der Waals surface area contributed by atoms with E-state index in [4.69, 9.17) is 0 Å². The number of carbonyl (C=O) groups excluding carboxylic acids is 2. The summed E-state index contributed by atoms with van der Waals surface area (Å²) >= 11 is 1.43. The number of nitrogens with one attached hydrogen (secondary N) is 2. The van der Waals surface area contributed by atoms with Crippen LogP contribution in [0.5, 0.6) is 0 Å². The summed E-state index contributed by atoms with van der Waals surface area (Å²) in [5.74, 6) is -0.957. The average Bonchev–Trinajstić information content (AvgIpc) is 3.37. The van der Waals surface area contributed by atoms with Crippen LogP contribution in [-0.4, -0.2) is 33.8 Å². The number of amides is 2. The summed E-state index contributed by atoms with van der Waals surface area (Å²) in [5.41, 5.74) is 1.79. The van der Waals surface area contributed by atoms with Crippen LogP contribution >= 0.6 is 11.3 Å². The van der Waals surface area contributed by atoms with E-state index in [0.717, 1.165) is 32.8 Å². The molecule has 2 aromatic carbocycles. The predicted molar refractivity (Wildman–Crippen MR) is 139 cm³/mol. The Morgan fingerprint density at radius 1 is 0.868 bits per heavy atom. The number of hydrogen-bond acceptors (Lipinski definition) is 6. The van der Waals surface area contributed by atoms with Gasteiger partial charge in [-0.3, -0.25) is 14.6 Å². The summed E-state index contributed by atoms with van der Waals surface area (Å²) in [6.07, 6.45) is -1.55. The van der Waals surface area contributed by atoms with Crippen LogP contribution in [0.4, 0.5) is 18.9 Å². The fourth-order valence-corrected chi connectivity index (χ4v) is 4.84. The van der Waals surface area contributed by atoms with Gasteiger partial charge < -0.3 is 10.6 Å². The second kappa shape index (κ2) is 10.0. The number of thiophene rings is 1. The van der Waals surface area contributed by atoms with Crippen molar-refractivity contribution in [1.82, 2.24) is 20.3 Å². The number of hydrogen-bond donors (Lipinski definition) is 2. The Balaban J connectivity index is 1.46. The normalized spacial score (nSPS) is 11.4. The maximum absolute atomic E-state index is 13.0. The lowest BCUT2D eigenvalue weighted by Gasteiger charge is -2.10. The second-order valence-electron chi connectivity index (χ2n) is 8.17. The van der Waals surface area contributed by atoms with Crippen molar-refractivity contribution in [3.8, 4) is 21.7 Å². The average molecular weight is 534 g/mol.